The first-order valence-electron chi connectivity index (χ1n) is 3.19. The van der Waals surface area contributed by atoms with Gasteiger partial charge in [-0.25, -0.2) is 4.79 Å². The van der Waals surface area contributed by atoms with Crippen molar-refractivity contribution < 1.29 is 9.59 Å². The molecule has 0 bridgehead atoms. The van der Waals surface area contributed by atoms with Gasteiger partial charge < -0.3 is 16.0 Å². The van der Waals surface area contributed by atoms with E-state index in [9.17, 15) is 9.59 Å². The summed E-state index contributed by atoms with van der Waals surface area (Å²) >= 11 is 2.28. The number of hydrogen-bond donors (Lipinski definition) is 2. The van der Waals surface area contributed by atoms with Crippen molar-refractivity contribution in [1.29, 1.82) is 0 Å². The lowest BCUT2D eigenvalue weighted by atomic mass is 10.5. The van der Waals surface area contributed by atoms with E-state index in [0.29, 0.717) is 4.70 Å². The third-order valence-electron chi connectivity index (χ3n) is 1.45. The van der Waals surface area contributed by atoms with Crippen molar-refractivity contribution in [2.45, 2.75) is 6.17 Å². The van der Waals surface area contributed by atoms with Crippen molar-refractivity contribution in [3.63, 3.8) is 0 Å². The standard InChI is InChI=1S/C5H7N4O2.Al/c1-9-2-7-3(4(9)10)8-5(6)11;/h3H,1H3,(H3,6,8,11);. The number of nitrogens with two attached hydrogens (primary N) is 1. The van der Waals surface area contributed by atoms with E-state index >= 15 is 0 Å². The fourth-order valence-electron chi connectivity index (χ4n) is 0.799. The Hall–Kier alpha value is -1.06. The molecule has 0 aliphatic carbocycles. The second kappa shape index (κ2) is 3.13. The highest BCUT2D eigenvalue weighted by molar-refractivity contribution is 6.61. The number of carbonyl (C=O) groups is 2. The summed E-state index contributed by atoms with van der Waals surface area (Å²) in [4.78, 5) is 26.7. The minimum Gasteiger partial charge on any atom is -0.352 e. The molecule has 0 saturated heterocycles. The Kier molecular flexibility index (Phi) is 2.35. The molecule has 62 valence electrons. The van der Waals surface area contributed by atoms with Gasteiger partial charge in [-0.3, -0.25) is 9.79 Å². The van der Waals surface area contributed by atoms with Crippen LogP contribution in [0.25, 0.3) is 0 Å². The van der Waals surface area contributed by atoms with Crippen LogP contribution in [-0.2, 0) is 4.79 Å². The van der Waals surface area contributed by atoms with E-state index in [2.05, 4.69) is 26.6 Å². The van der Waals surface area contributed by atoms with Crippen molar-refractivity contribution in [3.05, 3.63) is 0 Å². The SMILES string of the molecule is CN1C(=O)C(NC(N)=O)N=[C]1[Al]. The average Bonchev–Trinajstić information content (AvgIpc) is 2.17. The van der Waals surface area contributed by atoms with Crippen LogP contribution in [0.4, 0.5) is 4.79 Å². The summed E-state index contributed by atoms with van der Waals surface area (Å²) in [6.45, 7) is 0. The van der Waals surface area contributed by atoms with Crippen molar-refractivity contribution in [2.75, 3.05) is 7.05 Å². The van der Waals surface area contributed by atoms with Crippen LogP contribution < -0.4 is 11.1 Å². The maximum Gasteiger partial charge on any atom is 0.314 e. The number of nitrogens with zero attached hydrogens (tertiary/aromatic N) is 2. The van der Waals surface area contributed by atoms with Gasteiger partial charge in [-0.15, -0.1) is 0 Å². The van der Waals surface area contributed by atoms with Crippen LogP contribution >= 0.6 is 0 Å². The van der Waals surface area contributed by atoms with Crippen LogP contribution in [-0.4, -0.2) is 51.0 Å². The Morgan fingerprint density at radius 1 is 1.83 bits per heavy atom. The highest BCUT2D eigenvalue weighted by Gasteiger charge is 2.28. The van der Waals surface area contributed by atoms with E-state index in [1.165, 1.54) is 4.90 Å². The average molecular weight is 182 g/mol. The van der Waals surface area contributed by atoms with Gasteiger partial charge in [0.05, 0.1) is 0 Å². The molecule has 3 amide bonds. The lowest BCUT2D eigenvalue weighted by Crippen LogP contribution is -2.44. The van der Waals surface area contributed by atoms with E-state index in [1.807, 2.05) is 0 Å². The molecule has 2 radical (unpaired) electrons. The van der Waals surface area contributed by atoms with E-state index in [1.54, 1.807) is 7.05 Å². The zero-order chi connectivity index (χ0) is 9.30. The molecule has 1 atom stereocenters. The lowest BCUT2D eigenvalue weighted by molar-refractivity contribution is -0.126. The summed E-state index contributed by atoms with van der Waals surface area (Å²) in [5.41, 5.74) is 4.83. The largest absolute Gasteiger partial charge is 0.352 e. The van der Waals surface area contributed by atoms with Gasteiger partial charge in [0.15, 0.2) is 0 Å². The van der Waals surface area contributed by atoms with Crippen LogP contribution in [0.3, 0.4) is 0 Å². The molecule has 1 heterocycles. The molecule has 3 N–H and O–H groups in total. The molecule has 1 rings (SSSR count). The third-order valence-corrected chi connectivity index (χ3v) is 1.98. The molecule has 0 aromatic rings. The molecular formula is C5H7AlN4O2. The first-order chi connectivity index (χ1) is 5.52. The van der Waals surface area contributed by atoms with Gasteiger partial charge in [-0.1, -0.05) is 0 Å². The molecule has 1 aliphatic heterocycles. The molecule has 0 aromatic carbocycles. The number of rotatable bonds is 1. The molecule has 1 unspecified atom stereocenters. The van der Waals surface area contributed by atoms with Crippen molar-refractivity contribution in [2.24, 2.45) is 10.7 Å². The van der Waals surface area contributed by atoms with E-state index in [0.717, 1.165) is 0 Å². The molecule has 0 saturated carbocycles. The molecule has 12 heavy (non-hydrogen) atoms. The number of nitrogens with one attached hydrogen (secondary N) is 1. The summed E-state index contributed by atoms with van der Waals surface area (Å²) < 4.78 is 0.485. The quantitative estimate of drug-likeness (QED) is 0.458. The van der Waals surface area contributed by atoms with Crippen LogP contribution in [0.15, 0.2) is 4.99 Å². The van der Waals surface area contributed by atoms with Crippen LogP contribution in [0, 0.1) is 0 Å². The van der Waals surface area contributed by atoms with Crippen molar-refractivity contribution in [1.82, 2.24) is 10.2 Å². The molecule has 6 nitrogen and oxygen atoms in total. The maximum atomic E-state index is 11.2. The Balaban J connectivity index is 2.70. The molecule has 0 aromatic heterocycles. The Labute approximate surface area is 77.2 Å². The third kappa shape index (κ3) is 1.57. The van der Waals surface area contributed by atoms with Gasteiger partial charge in [0.1, 0.15) is 0 Å². The monoisotopic (exact) mass is 182 g/mol. The minimum absolute atomic E-state index is 0.293. The first kappa shape index (κ1) is 9.03. The molecular weight excluding hydrogens is 175 g/mol. The summed E-state index contributed by atoms with van der Waals surface area (Å²) in [6, 6.07) is -0.759. The first-order valence-corrected chi connectivity index (χ1v) is 3.77. The number of carbonyl (C=O) groups excluding carboxylic acids is 2. The van der Waals surface area contributed by atoms with Gasteiger partial charge in [0.2, 0.25) is 22.5 Å². The molecule has 7 heteroatoms. The lowest BCUT2D eigenvalue weighted by Gasteiger charge is -2.10. The minimum atomic E-state index is -0.861. The Morgan fingerprint density at radius 3 is 2.75 bits per heavy atom. The number of urea groups is 1. The fraction of sp³-hybridized carbons (Fsp3) is 0.400. The molecule has 1 aliphatic rings. The summed E-state index contributed by atoms with van der Waals surface area (Å²) in [5.74, 6) is -0.293. The van der Waals surface area contributed by atoms with Crippen LogP contribution in [0.1, 0.15) is 0 Å². The van der Waals surface area contributed by atoms with Gasteiger partial charge in [-0.05, 0) is 4.70 Å². The number of aliphatic imine (C=N–C) groups is 1. The Bertz CT molecular complexity index is 264. The number of hydrogen-bond acceptors (Lipinski definition) is 3. The number of amides is 3. The van der Waals surface area contributed by atoms with Crippen LogP contribution in [0.2, 0.25) is 0 Å². The summed E-state index contributed by atoms with van der Waals surface area (Å²) in [6.07, 6.45) is -0.861. The normalized spacial score (nSPS) is 22.4. The second-order valence-electron chi connectivity index (χ2n) is 2.30. The predicted octanol–water partition coefficient (Wildman–Crippen LogP) is -2.02. The van der Waals surface area contributed by atoms with E-state index in [-0.39, 0.29) is 5.91 Å². The van der Waals surface area contributed by atoms with Crippen molar-refractivity contribution >= 4 is 32.9 Å². The molecule has 0 spiro atoms. The zero-order valence-corrected chi connectivity index (χ0v) is 7.60. The highest BCUT2D eigenvalue weighted by atomic mass is 27.0. The fourth-order valence-corrected chi connectivity index (χ4v) is 1.08. The van der Waals surface area contributed by atoms with Gasteiger partial charge in [0.25, 0.3) is 5.91 Å². The van der Waals surface area contributed by atoms with Gasteiger partial charge in [-0.2, -0.15) is 0 Å². The zero-order valence-electron chi connectivity index (χ0n) is 6.44. The number of amidine groups is 1. The number of likely N-dealkylation sites (N-methyl/N-ethyl adjacent to an activating group) is 1. The summed E-state index contributed by atoms with van der Waals surface area (Å²) in [7, 11) is 1.57. The molecule has 0 fully saturated rings. The maximum absolute atomic E-state index is 11.2. The van der Waals surface area contributed by atoms with Gasteiger partial charge >= 0.3 is 6.03 Å². The second-order valence-corrected chi connectivity index (χ2v) is 2.81. The summed E-state index contributed by atoms with van der Waals surface area (Å²) in [5, 5.41) is 2.20. The van der Waals surface area contributed by atoms with Crippen LogP contribution in [0.5, 0.6) is 0 Å². The number of primary amides is 1. The van der Waals surface area contributed by atoms with E-state index in [4.69, 9.17) is 5.73 Å². The Morgan fingerprint density at radius 2 is 2.42 bits per heavy atom. The van der Waals surface area contributed by atoms with E-state index < -0.39 is 12.2 Å². The smallest absolute Gasteiger partial charge is 0.314 e. The van der Waals surface area contributed by atoms with Crippen molar-refractivity contribution in [3.8, 4) is 0 Å². The predicted molar refractivity (Wildman–Crippen MR) is 42.5 cm³/mol. The topological polar surface area (TPSA) is 87.8 Å². The van der Waals surface area contributed by atoms with Gasteiger partial charge in [0, 0.05) is 7.05 Å². The highest BCUT2D eigenvalue weighted by Crippen LogP contribution is 2.03.